The van der Waals surface area contributed by atoms with E-state index in [-0.39, 0.29) is 5.69 Å². The Labute approximate surface area is 96.5 Å². The Morgan fingerprint density at radius 2 is 1.94 bits per heavy atom. The van der Waals surface area contributed by atoms with E-state index >= 15 is 0 Å². The molecule has 0 heterocycles. The predicted octanol–water partition coefficient (Wildman–Crippen LogP) is 2.88. The average molecular weight is 251 g/mol. The maximum Gasteiger partial charge on any atom is 0.405 e. The van der Waals surface area contributed by atoms with Gasteiger partial charge in [-0.1, -0.05) is 6.07 Å². The molecule has 0 bridgehead atoms. The van der Waals surface area contributed by atoms with Gasteiger partial charge in [-0.05, 0) is 24.6 Å². The first-order chi connectivity index (χ1) is 7.70. The summed E-state index contributed by atoms with van der Waals surface area (Å²) in [6, 6.07) is 3.66. The molecule has 0 aromatic heterocycles. The minimum Gasteiger partial charge on any atom is -0.389 e. The number of alkyl halides is 3. The quantitative estimate of drug-likeness (QED) is 0.835. The van der Waals surface area contributed by atoms with Crippen LogP contribution in [-0.2, 0) is 0 Å². The number of aliphatic hydroxyl groups is 1. The van der Waals surface area contributed by atoms with E-state index in [1.54, 1.807) is 0 Å². The number of anilines is 1. The summed E-state index contributed by atoms with van der Waals surface area (Å²) >= 11 is 0. The normalized spacial score (nSPS) is 13.6. The molecule has 0 saturated carbocycles. The Morgan fingerprint density at radius 1 is 1.35 bits per heavy atom. The third-order valence-electron chi connectivity index (χ3n) is 2.28. The molecule has 0 fully saturated rings. The van der Waals surface area contributed by atoms with Gasteiger partial charge < -0.3 is 10.0 Å². The summed E-state index contributed by atoms with van der Waals surface area (Å²) < 4.78 is 49.9. The first-order valence-corrected chi connectivity index (χ1v) is 4.96. The van der Waals surface area contributed by atoms with E-state index in [4.69, 9.17) is 0 Å². The van der Waals surface area contributed by atoms with Crippen LogP contribution in [0.5, 0.6) is 0 Å². The monoisotopic (exact) mass is 251 g/mol. The van der Waals surface area contributed by atoms with Crippen LogP contribution in [0.2, 0.25) is 0 Å². The van der Waals surface area contributed by atoms with Gasteiger partial charge in [0.05, 0.1) is 11.8 Å². The highest BCUT2D eigenvalue weighted by Gasteiger charge is 2.30. The minimum atomic E-state index is -4.38. The fourth-order valence-electron chi connectivity index (χ4n) is 1.45. The van der Waals surface area contributed by atoms with Crippen LogP contribution in [0.3, 0.4) is 0 Å². The molecular formula is C11H13F4NO. The lowest BCUT2D eigenvalue weighted by atomic mass is 10.1. The van der Waals surface area contributed by atoms with Crippen LogP contribution in [0.25, 0.3) is 0 Å². The summed E-state index contributed by atoms with van der Waals surface area (Å²) in [7, 11) is 1.16. The Hall–Kier alpha value is -1.30. The summed E-state index contributed by atoms with van der Waals surface area (Å²) in [6.45, 7) is 0.228. The maximum atomic E-state index is 13.5. The molecule has 1 atom stereocenters. The highest BCUT2D eigenvalue weighted by molar-refractivity contribution is 5.48. The summed E-state index contributed by atoms with van der Waals surface area (Å²) in [5.74, 6) is -0.782. The Balaban J connectivity index is 2.92. The third-order valence-corrected chi connectivity index (χ3v) is 2.28. The molecule has 6 heteroatoms. The molecule has 1 aromatic rings. The van der Waals surface area contributed by atoms with Gasteiger partial charge in [-0.15, -0.1) is 0 Å². The first kappa shape index (κ1) is 13.8. The molecule has 1 N–H and O–H groups in total. The van der Waals surface area contributed by atoms with Crippen molar-refractivity contribution < 1.29 is 22.7 Å². The maximum absolute atomic E-state index is 13.5. The molecule has 0 aliphatic carbocycles. The number of halogens is 4. The molecule has 0 spiro atoms. The Kier molecular flexibility index (Phi) is 3.98. The zero-order valence-electron chi connectivity index (χ0n) is 9.42. The second-order valence-electron chi connectivity index (χ2n) is 3.86. The lowest BCUT2D eigenvalue weighted by Gasteiger charge is -2.22. The average Bonchev–Trinajstić information content (AvgIpc) is 2.14. The molecule has 2 nitrogen and oxygen atoms in total. The number of hydrogen-bond donors (Lipinski definition) is 1. The second-order valence-corrected chi connectivity index (χ2v) is 3.86. The molecule has 96 valence electrons. The standard InChI is InChI=1S/C11H13F4NO/c1-7(17)8-3-4-10(9(12)5-8)16(2)6-11(13,14)15/h3-5,7,17H,6H2,1-2H3/t7-/m0/s1. The van der Waals surface area contributed by atoms with Gasteiger partial charge in [-0.3, -0.25) is 0 Å². The minimum absolute atomic E-state index is 0.147. The van der Waals surface area contributed by atoms with E-state index in [0.717, 1.165) is 18.0 Å². The van der Waals surface area contributed by atoms with E-state index < -0.39 is 24.6 Å². The predicted molar refractivity (Wildman–Crippen MR) is 56.4 cm³/mol. The van der Waals surface area contributed by atoms with Gasteiger partial charge in [0.1, 0.15) is 12.4 Å². The van der Waals surface area contributed by atoms with Gasteiger partial charge in [0.25, 0.3) is 0 Å². The van der Waals surface area contributed by atoms with Gasteiger partial charge in [-0.25, -0.2) is 4.39 Å². The molecular weight excluding hydrogens is 238 g/mol. The van der Waals surface area contributed by atoms with E-state index in [9.17, 15) is 22.7 Å². The Bertz CT molecular complexity index is 390. The summed E-state index contributed by atoms with van der Waals surface area (Å²) in [5, 5.41) is 9.20. The molecule has 0 radical (unpaired) electrons. The van der Waals surface area contributed by atoms with Crippen molar-refractivity contribution in [1.29, 1.82) is 0 Å². The van der Waals surface area contributed by atoms with Crippen LogP contribution in [0, 0.1) is 5.82 Å². The van der Waals surface area contributed by atoms with E-state index in [2.05, 4.69) is 0 Å². The van der Waals surface area contributed by atoms with Crippen molar-refractivity contribution in [2.45, 2.75) is 19.2 Å². The number of hydrogen-bond acceptors (Lipinski definition) is 2. The number of nitrogens with zero attached hydrogens (tertiary/aromatic N) is 1. The first-order valence-electron chi connectivity index (χ1n) is 4.96. The van der Waals surface area contributed by atoms with Crippen molar-refractivity contribution >= 4 is 5.69 Å². The molecule has 0 aliphatic rings. The fourth-order valence-corrected chi connectivity index (χ4v) is 1.45. The molecule has 17 heavy (non-hydrogen) atoms. The second kappa shape index (κ2) is 4.91. The number of aliphatic hydroxyl groups excluding tert-OH is 1. The molecule has 0 amide bonds. The van der Waals surface area contributed by atoms with Crippen molar-refractivity contribution in [3.8, 4) is 0 Å². The third kappa shape index (κ3) is 3.89. The summed E-state index contributed by atoms with van der Waals surface area (Å²) in [6.07, 6.45) is -5.24. The number of benzene rings is 1. The van der Waals surface area contributed by atoms with Crippen LogP contribution in [-0.4, -0.2) is 24.9 Å². The lowest BCUT2D eigenvalue weighted by Crippen LogP contribution is -2.31. The van der Waals surface area contributed by atoms with Gasteiger partial charge in [0.15, 0.2) is 0 Å². The SMILES string of the molecule is C[C@H](O)c1ccc(N(C)CC(F)(F)F)c(F)c1. The fraction of sp³-hybridized carbons (Fsp3) is 0.455. The largest absolute Gasteiger partial charge is 0.405 e. The molecule has 1 rings (SSSR count). The van der Waals surface area contributed by atoms with Crippen LogP contribution in [0.15, 0.2) is 18.2 Å². The molecule has 0 aliphatic heterocycles. The van der Waals surface area contributed by atoms with Gasteiger partial charge >= 0.3 is 6.18 Å². The van der Waals surface area contributed by atoms with Gasteiger partial charge in [-0.2, -0.15) is 13.2 Å². The Morgan fingerprint density at radius 3 is 2.35 bits per heavy atom. The van der Waals surface area contributed by atoms with Crippen LogP contribution in [0.4, 0.5) is 23.2 Å². The van der Waals surface area contributed by atoms with Crippen molar-refractivity contribution in [3.63, 3.8) is 0 Å². The van der Waals surface area contributed by atoms with Crippen LogP contribution in [0.1, 0.15) is 18.6 Å². The van der Waals surface area contributed by atoms with E-state index in [0.29, 0.717) is 5.56 Å². The van der Waals surface area contributed by atoms with Crippen LogP contribution < -0.4 is 4.90 Å². The van der Waals surface area contributed by atoms with Crippen molar-refractivity contribution in [2.75, 3.05) is 18.5 Å². The van der Waals surface area contributed by atoms with Gasteiger partial charge in [0.2, 0.25) is 0 Å². The van der Waals surface area contributed by atoms with E-state index in [1.807, 2.05) is 0 Å². The van der Waals surface area contributed by atoms with Crippen LogP contribution >= 0.6 is 0 Å². The highest BCUT2D eigenvalue weighted by atomic mass is 19.4. The highest BCUT2D eigenvalue weighted by Crippen LogP contribution is 2.25. The molecule has 1 aromatic carbocycles. The smallest absolute Gasteiger partial charge is 0.389 e. The molecule has 0 saturated heterocycles. The topological polar surface area (TPSA) is 23.5 Å². The van der Waals surface area contributed by atoms with Crippen molar-refractivity contribution in [3.05, 3.63) is 29.6 Å². The number of rotatable bonds is 3. The summed E-state index contributed by atoms with van der Waals surface area (Å²) in [5.41, 5.74) is 0.179. The zero-order chi connectivity index (χ0) is 13.2. The summed E-state index contributed by atoms with van der Waals surface area (Å²) in [4.78, 5) is 0.779. The molecule has 0 unspecified atom stereocenters. The van der Waals surface area contributed by atoms with Crippen molar-refractivity contribution in [1.82, 2.24) is 0 Å². The zero-order valence-corrected chi connectivity index (χ0v) is 9.42. The van der Waals surface area contributed by atoms with Gasteiger partial charge in [0, 0.05) is 7.05 Å². The lowest BCUT2D eigenvalue weighted by molar-refractivity contribution is -0.119. The van der Waals surface area contributed by atoms with E-state index in [1.165, 1.54) is 19.1 Å². The van der Waals surface area contributed by atoms with Crippen molar-refractivity contribution in [2.24, 2.45) is 0 Å².